The fraction of sp³-hybridized carbons (Fsp3) is 0. The van der Waals surface area contributed by atoms with Crippen LogP contribution in [0.1, 0.15) is 0 Å². The lowest BCUT2D eigenvalue weighted by molar-refractivity contribution is 0.966. The summed E-state index contributed by atoms with van der Waals surface area (Å²) in [4.78, 5) is 32.1. The molecule has 0 atom stereocenters. The lowest BCUT2D eigenvalue weighted by Crippen LogP contribution is -2.22. The Balaban J connectivity index is 2.42. The van der Waals surface area contributed by atoms with Gasteiger partial charge in [-0.3, -0.25) is 24.2 Å². The first-order valence-corrected chi connectivity index (χ1v) is 5.84. The lowest BCUT2D eigenvalue weighted by Gasteiger charge is -2.03. The van der Waals surface area contributed by atoms with E-state index in [-0.39, 0.29) is 22.5 Å². The van der Waals surface area contributed by atoms with Gasteiger partial charge in [-0.2, -0.15) is 0 Å². The molecule has 3 heterocycles. The average Bonchev–Trinajstić information content (AvgIpc) is 2.81. The first kappa shape index (κ1) is 10.7. The largest absolute Gasteiger partial charge is 0.384 e. The van der Waals surface area contributed by atoms with E-state index < -0.39 is 11.1 Å². The van der Waals surface area contributed by atoms with Crippen LogP contribution in [0.15, 0.2) is 33.9 Å². The van der Waals surface area contributed by atoms with Gasteiger partial charge in [0.1, 0.15) is 16.7 Å². The molecular formula is C12H8N6O2. The molecule has 0 spiro atoms. The summed E-state index contributed by atoms with van der Waals surface area (Å²) in [5, 5.41) is 4.52. The van der Waals surface area contributed by atoms with Crippen LogP contribution in [-0.4, -0.2) is 24.6 Å². The van der Waals surface area contributed by atoms with Gasteiger partial charge in [0.25, 0.3) is 11.1 Å². The Hall–Kier alpha value is -3.16. The van der Waals surface area contributed by atoms with E-state index in [1.54, 1.807) is 4.40 Å². The molecule has 0 aliphatic carbocycles. The Morgan fingerprint density at radius 2 is 1.80 bits per heavy atom. The van der Waals surface area contributed by atoms with E-state index >= 15 is 0 Å². The van der Waals surface area contributed by atoms with Crippen molar-refractivity contribution in [2.45, 2.75) is 0 Å². The number of hydrogen-bond donors (Lipinski definition) is 3. The van der Waals surface area contributed by atoms with E-state index in [1.165, 1.54) is 0 Å². The number of aromatic amines is 2. The zero-order valence-electron chi connectivity index (χ0n) is 10.0. The standard InChI is InChI=1S/C12H8N6O2/c13-9-7-8(11(20)17-16-10(7)19)15-12-14-5-3-1-2-4-6(5)18(9)12/h1-4H,13H2,(H,16,19)(H,17,20). The maximum atomic E-state index is 11.9. The number of para-hydroxylation sites is 2. The van der Waals surface area contributed by atoms with Crippen molar-refractivity contribution >= 4 is 33.5 Å². The van der Waals surface area contributed by atoms with E-state index in [0.29, 0.717) is 5.52 Å². The maximum Gasteiger partial charge on any atom is 0.289 e. The molecule has 4 N–H and O–H groups in total. The van der Waals surface area contributed by atoms with Gasteiger partial charge in [0.15, 0.2) is 0 Å². The molecule has 4 rings (SSSR count). The molecule has 4 aromatic rings. The highest BCUT2D eigenvalue weighted by Gasteiger charge is 2.15. The first-order valence-electron chi connectivity index (χ1n) is 5.84. The zero-order chi connectivity index (χ0) is 13.9. The SMILES string of the molecule is Nc1c2c(=O)[nH][nH]c(=O)c2nc2nc3ccccc3n12. The normalized spacial score (nSPS) is 11.6. The summed E-state index contributed by atoms with van der Waals surface area (Å²) in [7, 11) is 0. The number of H-pyrrole nitrogens is 2. The van der Waals surface area contributed by atoms with Gasteiger partial charge in [-0.1, -0.05) is 12.1 Å². The topological polar surface area (TPSA) is 122 Å². The van der Waals surface area contributed by atoms with Gasteiger partial charge < -0.3 is 5.73 Å². The minimum atomic E-state index is -0.513. The smallest absolute Gasteiger partial charge is 0.289 e. The predicted octanol–water partition coefficient (Wildman–Crippen LogP) is -0.00550. The van der Waals surface area contributed by atoms with Crippen molar-refractivity contribution in [1.82, 2.24) is 24.6 Å². The van der Waals surface area contributed by atoms with Crippen LogP contribution in [0.5, 0.6) is 0 Å². The number of fused-ring (bicyclic) bond motifs is 4. The van der Waals surface area contributed by atoms with Crippen LogP contribution in [0.2, 0.25) is 0 Å². The molecule has 0 amide bonds. The lowest BCUT2D eigenvalue weighted by atomic mass is 10.3. The number of nitrogens with zero attached hydrogens (tertiary/aromatic N) is 3. The van der Waals surface area contributed by atoms with Crippen molar-refractivity contribution < 1.29 is 0 Å². The first-order chi connectivity index (χ1) is 9.66. The van der Waals surface area contributed by atoms with Crippen LogP contribution in [0.3, 0.4) is 0 Å². The van der Waals surface area contributed by atoms with Gasteiger partial charge in [-0.05, 0) is 12.1 Å². The highest BCUT2D eigenvalue weighted by molar-refractivity contribution is 5.92. The quantitative estimate of drug-likeness (QED) is 0.414. The van der Waals surface area contributed by atoms with Gasteiger partial charge in [0, 0.05) is 0 Å². The number of nitrogen functional groups attached to an aromatic ring is 1. The number of imidazole rings is 1. The zero-order valence-corrected chi connectivity index (χ0v) is 10.0. The Morgan fingerprint density at radius 1 is 1.05 bits per heavy atom. The number of anilines is 1. The van der Waals surface area contributed by atoms with Crippen molar-refractivity contribution in [3.05, 3.63) is 45.0 Å². The molecule has 20 heavy (non-hydrogen) atoms. The van der Waals surface area contributed by atoms with Crippen LogP contribution < -0.4 is 16.9 Å². The highest BCUT2D eigenvalue weighted by atomic mass is 16.1. The Labute approximate surface area is 109 Å². The molecule has 0 bridgehead atoms. The van der Waals surface area contributed by atoms with E-state index in [1.807, 2.05) is 24.3 Å². The molecule has 0 unspecified atom stereocenters. The van der Waals surface area contributed by atoms with Crippen molar-refractivity contribution in [1.29, 1.82) is 0 Å². The molecule has 0 fully saturated rings. The highest BCUT2D eigenvalue weighted by Crippen LogP contribution is 2.21. The van der Waals surface area contributed by atoms with E-state index in [9.17, 15) is 9.59 Å². The monoisotopic (exact) mass is 268 g/mol. The second-order valence-corrected chi connectivity index (χ2v) is 4.36. The van der Waals surface area contributed by atoms with Gasteiger partial charge in [0.2, 0.25) is 5.78 Å². The molecule has 0 saturated carbocycles. The Kier molecular flexibility index (Phi) is 1.85. The van der Waals surface area contributed by atoms with E-state index in [2.05, 4.69) is 20.2 Å². The van der Waals surface area contributed by atoms with Crippen molar-refractivity contribution in [2.75, 3.05) is 5.73 Å². The summed E-state index contributed by atoms with van der Waals surface area (Å²) < 4.78 is 1.56. The predicted molar refractivity (Wildman–Crippen MR) is 73.7 cm³/mol. The van der Waals surface area contributed by atoms with Gasteiger partial charge >= 0.3 is 0 Å². The second-order valence-electron chi connectivity index (χ2n) is 4.36. The maximum absolute atomic E-state index is 11.9. The minimum absolute atomic E-state index is 0.0194. The van der Waals surface area contributed by atoms with Crippen LogP contribution in [0.4, 0.5) is 5.82 Å². The molecule has 8 nitrogen and oxygen atoms in total. The van der Waals surface area contributed by atoms with Gasteiger partial charge in [-0.25, -0.2) is 9.97 Å². The molecule has 8 heteroatoms. The fourth-order valence-electron chi connectivity index (χ4n) is 2.34. The van der Waals surface area contributed by atoms with Crippen LogP contribution >= 0.6 is 0 Å². The van der Waals surface area contributed by atoms with Crippen molar-refractivity contribution in [2.24, 2.45) is 0 Å². The minimum Gasteiger partial charge on any atom is -0.384 e. The van der Waals surface area contributed by atoms with Gasteiger partial charge in [-0.15, -0.1) is 0 Å². The summed E-state index contributed by atoms with van der Waals surface area (Å²) in [5.41, 5.74) is 6.44. The third-order valence-electron chi connectivity index (χ3n) is 3.22. The van der Waals surface area contributed by atoms with Crippen molar-refractivity contribution in [3.8, 4) is 0 Å². The van der Waals surface area contributed by atoms with Crippen LogP contribution in [-0.2, 0) is 0 Å². The molecule has 0 aliphatic rings. The number of aromatic nitrogens is 5. The summed E-state index contributed by atoms with van der Waals surface area (Å²) in [6.45, 7) is 0. The van der Waals surface area contributed by atoms with Crippen LogP contribution in [0.25, 0.3) is 27.7 Å². The summed E-state index contributed by atoms with van der Waals surface area (Å²) in [5.74, 6) is 0.429. The number of benzene rings is 1. The van der Waals surface area contributed by atoms with Gasteiger partial charge in [0.05, 0.1) is 11.0 Å². The van der Waals surface area contributed by atoms with E-state index in [0.717, 1.165) is 5.52 Å². The molecule has 1 aromatic carbocycles. The molecule has 98 valence electrons. The summed E-state index contributed by atoms with van der Waals surface area (Å²) >= 11 is 0. The summed E-state index contributed by atoms with van der Waals surface area (Å²) in [6.07, 6.45) is 0. The van der Waals surface area contributed by atoms with Crippen molar-refractivity contribution in [3.63, 3.8) is 0 Å². The number of rotatable bonds is 0. The average molecular weight is 268 g/mol. The molecular weight excluding hydrogens is 260 g/mol. The Bertz CT molecular complexity index is 1100. The Morgan fingerprint density at radius 3 is 2.65 bits per heavy atom. The third-order valence-corrected chi connectivity index (χ3v) is 3.22. The second kappa shape index (κ2) is 3.44. The fourth-order valence-corrected chi connectivity index (χ4v) is 2.34. The molecule has 0 aliphatic heterocycles. The molecule has 0 radical (unpaired) electrons. The van der Waals surface area contributed by atoms with Crippen LogP contribution in [0, 0.1) is 0 Å². The number of hydrogen-bond acceptors (Lipinski definition) is 5. The molecule has 3 aromatic heterocycles. The third kappa shape index (κ3) is 1.19. The number of nitrogens with two attached hydrogens (primary N) is 1. The number of nitrogens with one attached hydrogen (secondary N) is 2. The summed E-state index contributed by atoms with van der Waals surface area (Å²) in [6, 6.07) is 7.30. The molecule has 0 saturated heterocycles. The van der Waals surface area contributed by atoms with E-state index in [4.69, 9.17) is 5.73 Å².